The summed E-state index contributed by atoms with van der Waals surface area (Å²) in [5.41, 5.74) is 4.72. The van der Waals surface area contributed by atoms with Crippen LogP contribution < -0.4 is 9.05 Å². The summed E-state index contributed by atoms with van der Waals surface area (Å²) >= 11 is 0. The molecule has 0 radical (unpaired) electrons. The number of rotatable bonds is 5. The summed E-state index contributed by atoms with van der Waals surface area (Å²) in [6.07, 6.45) is 0. The molecule has 1 atom stereocenters. The van der Waals surface area contributed by atoms with E-state index in [4.69, 9.17) is 9.05 Å². The fourth-order valence-electron chi connectivity index (χ4n) is 3.11. The van der Waals surface area contributed by atoms with Crippen LogP contribution in [0.25, 0.3) is 11.1 Å². The first-order valence-corrected chi connectivity index (χ1v) is 10.8. The average molecular weight is 378 g/mol. The molecule has 0 saturated heterocycles. The monoisotopic (exact) mass is 378 g/mol. The molecule has 0 heterocycles. The molecule has 0 aliphatic rings. The lowest BCUT2D eigenvalue weighted by Crippen LogP contribution is -2.12. The van der Waals surface area contributed by atoms with E-state index in [2.05, 4.69) is 70.2 Å². The number of hydrogen-bond acceptors (Lipinski definition) is 2. The molecule has 0 amide bonds. The zero-order valence-electron chi connectivity index (χ0n) is 16.7. The Balaban J connectivity index is 1.85. The molecule has 0 aliphatic carbocycles. The fraction of sp³-hybridized carbons (Fsp3) is 0.250. The number of hydrogen-bond donors (Lipinski definition) is 0. The largest absolute Gasteiger partial charge is 0.438 e. The Morgan fingerprint density at radius 2 is 1.19 bits per heavy atom. The van der Waals surface area contributed by atoms with Gasteiger partial charge in [-0.25, -0.2) is 0 Å². The van der Waals surface area contributed by atoms with Gasteiger partial charge in [-0.15, -0.1) is 0 Å². The summed E-state index contributed by atoms with van der Waals surface area (Å²) in [5, 5.41) is 0. The lowest BCUT2D eigenvalue weighted by Gasteiger charge is -2.24. The van der Waals surface area contributed by atoms with Crippen LogP contribution in [0, 0.1) is 6.92 Å². The molecule has 0 saturated carbocycles. The van der Waals surface area contributed by atoms with Gasteiger partial charge in [-0.1, -0.05) is 81.4 Å². The summed E-state index contributed by atoms with van der Waals surface area (Å²) in [6.45, 7) is 10.7. The Morgan fingerprint density at radius 1 is 0.667 bits per heavy atom. The van der Waals surface area contributed by atoms with E-state index >= 15 is 0 Å². The first-order valence-electron chi connectivity index (χ1n) is 9.20. The predicted octanol–water partition coefficient (Wildman–Crippen LogP) is 7.36. The summed E-state index contributed by atoms with van der Waals surface area (Å²) in [5.74, 6) is 1.75. The molecule has 3 aromatic rings. The van der Waals surface area contributed by atoms with Crippen molar-refractivity contribution < 1.29 is 9.05 Å². The minimum atomic E-state index is -1.11. The molecule has 0 aromatic heterocycles. The van der Waals surface area contributed by atoms with E-state index in [1.807, 2.05) is 37.0 Å². The highest BCUT2D eigenvalue weighted by Gasteiger charge is 2.21. The van der Waals surface area contributed by atoms with Crippen LogP contribution in [0.2, 0.25) is 0 Å². The van der Waals surface area contributed by atoms with Crippen LogP contribution in [0.1, 0.15) is 31.9 Å². The van der Waals surface area contributed by atoms with Gasteiger partial charge in [0.15, 0.2) is 0 Å². The van der Waals surface area contributed by atoms with E-state index in [-0.39, 0.29) is 5.41 Å². The zero-order chi connectivity index (χ0) is 19.4. The van der Waals surface area contributed by atoms with Gasteiger partial charge in [0.05, 0.1) is 0 Å². The van der Waals surface area contributed by atoms with Crippen LogP contribution in [-0.2, 0) is 5.41 Å². The minimum absolute atomic E-state index is 0.0197. The molecule has 3 rings (SSSR count). The Bertz CT molecular complexity index is 912. The van der Waals surface area contributed by atoms with Crippen molar-refractivity contribution in [3.63, 3.8) is 0 Å². The first kappa shape index (κ1) is 19.5. The van der Waals surface area contributed by atoms with Gasteiger partial charge in [-0.2, -0.15) is 0 Å². The molecular weight excluding hydrogens is 351 g/mol. The van der Waals surface area contributed by atoms with Gasteiger partial charge in [0.25, 0.3) is 8.38 Å². The SMILES string of the molecule is Cc1ccccc1-c1ccccc1OP(C)Oc1ccccc1C(C)(C)C. The maximum atomic E-state index is 6.27. The van der Waals surface area contributed by atoms with Crippen molar-refractivity contribution >= 4 is 8.38 Å². The molecular formula is C24H27O2P. The van der Waals surface area contributed by atoms with Gasteiger partial charge in [0.2, 0.25) is 0 Å². The highest BCUT2D eigenvalue weighted by Crippen LogP contribution is 2.44. The number of benzene rings is 3. The third-order valence-electron chi connectivity index (χ3n) is 4.47. The quantitative estimate of drug-likeness (QED) is 0.432. The molecule has 3 aromatic carbocycles. The number of para-hydroxylation sites is 2. The molecule has 140 valence electrons. The van der Waals surface area contributed by atoms with E-state index in [9.17, 15) is 0 Å². The van der Waals surface area contributed by atoms with Crippen molar-refractivity contribution in [2.45, 2.75) is 33.1 Å². The molecule has 2 nitrogen and oxygen atoms in total. The second-order valence-corrected chi connectivity index (χ2v) is 8.92. The molecule has 0 spiro atoms. The zero-order valence-corrected chi connectivity index (χ0v) is 17.6. The van der Waals surface area contributed by atoms with E-state index in [1.54, 1.807) is 0 Å². The van der Waals surface area contributed by atoms with Gasteiger partial charge in [-0.3, -0.25) is 0 Å². The molecule has 27 heavy (non-hydrogen) atoms. The van der Waals surface area contributed by atoms with E-state index < -0.39 is 8.38 Å². The Morgan fingerprint density at radius 3 is 1.85 bits per heavy atom. The van der Waals surface area contributed by atoms with Crippen molar-refractivity contribution in [2.24, 2.45) is 0 Å². The van der Waals surface area contributed by atoms with Gasteiger partial charge < -0.3 is 9.05 Å². The normalized spacial score (nSPS) is 12.5. The summed E-state index contributed by atoms with van der Waals surface area (Å²) in [4.78, 5) is 0. The topological polar surface area (TPSA) is 18.5 Å². The Hall–Kier alpha value is -2.31. The van der Waals surface area contributed by atoms with Crippen molar-refractivity contribution in [3.8, 4) is 22.6 Å². The second-order valence-electron chi connectivity index (χ2n) is 7.68. The van der Waals surface area contributed by atoms with Gasteiger partial charge in [-0.05, 0) is 41.2 Å². The third kappa shape index (κ3) is 4.70. The van der Waals surface area contributed by atoms with Crippen LogP contribution in [0.15, 0.2) is 72.8 Å². The van der Waals surface area contributed by atoms with Gasteiger partial charge in [0, 0.05) is 12.2 Å². The van der Waals surface area contributed by atoms with Crippen LogP contribution in [0.5, 0.6) is 11.5 Å². The Kier molecular flexibility index (Phi) is 5.87. The second kappa shape index (κ2) is 8.15. The maximum Gasteiger partial charge on any atom is 0.286 e. The third-order valence-corrected chi connectivity index (χ3v) is 5.38. The summed E-state index contributed by atoms with van der Waals surface area (Å²) in [7, 11) is -1.11. The number of aryl methyl sites for hydroxylation is 1. The van der Waals surface area contributed by atoms with E-state index in [0.717, 1.165) is 17.1 Å². The predicted molar refractivity (Wildman–Crippen MR) is 116 cm³/mol. The van der Waals surface area contributed by atoms with Gasteiger partial charge >= 0.3 is 0 Å². The molecule has 0 bridgehead atoms. The van der Waals surface area contributed by atoms with Crippen molar-refractivity contribution in [3.05, 3.63) is 83.9 Å². The molecule has 0 fully saturated rings. The highest BCUT2D eigenvalue weighted by atomic mass is 31.2. The van der Waals surface area contributed by atoms with Crippen molar-refractivity contribution in [1.82, 2.24) is 0 Å². The van der Waals surface area contributed by atoms with Crippen LogP contribution in [-0.4, -0.2) is 6.66 Å². The standard InChI is InChI=1S/C24H27O2P/c1-18-12-6-7-13-19(18)20-14-8-10-16-22(20)25-27(5)26-23-17-11-9-15-21(23)24(2,3)4/h6-17H,1-5H3. The summed E-state index contributed by atoms with van der Waals surface area (Å²) in [6, 6.07) is 24.7. The molecule has 1 unspecified atom stereocenters. The van der Waals surface area contributed by atoms with Crippen molar-refractivity contribution in [1.29, 1.82) is 0 Å². The van der Waals surface area contributed by atoms with Gasteiger partial charge in [0.1, 0.15) is 11.5 Å². The fourth-order valence-corrected chi connectivity index (χ4v) is 4.02. The molecule has 3 heteroatoms. The smallest absolute Gasteiger partial charge is 0.286 e. The van der Waals surface area contributed by atoms with E-state index in [1.165, 1.54) is 16.7 Å². The van der Waals surface area contributed by atoms with Crippen LogP contribution >= 0.6 is 8.38 Å². The lowest BCUT2D eigenvalue weighted by atomic mass is 9.86. The molecule has 0 N–H and O–H groups in total. The average Bonchev–Trinajstić information content (AvgIpc) is 2.62. The molecule has 0 aliphatic heterocycles. The van der Waals surface area contributed by atoms with Crippen LogP contribution in [0.4, 0.5) is 0 Å². The highest BCUT2D eigenvalue weighted by molar-refractivity contribution is 7.47. The van der Waals surface area contributed by atoms with Crippen molar-refractivity contribution in [2.75, 3.05) is 6.66 Å². The maximum absolute atomic E-state index is 6.27. The first-order chi connectivity index (χ1) is 12.9. The Labute approximate surface area is 164 Å². The van der Waals surface area contributed by atoms with E-state index in [0.29, 0.717) is 0 Å². The minimum Gasteiger partial charge on any atom is -0.438 e. The summed E-state index contributed by atoms with van der Waals surface area (Å²) < 4.78 is 12.5. The van der Waals surface area contributed by atoms with Crippen LogP contribution in [0.3, 0.4) is 0 Å². The lowest BCUT2D eigenvalue weighted by molar-refractivity contribution is 0.478.